The highest BCUT2D eigenvalue weighted by molar-refractivity contribution is 5.96. The van der Waals surface area contributed by atoms with Gasteiger partial charge in [0.1, 0.15) is 11.9 Å². The molecule has 3 aromatic rings. The molecule has 4 heterocycles. The van der Waals surface area contributed by atoms with E-state index < -0.39 is 12.0 Å². The van der Waals surface area contributed by atoms with Crippen LogP contribution in [0, 0.1) is 5.95 Å². The van der Waals surface area contributed by atoms with E-state index in [1.807, 2.05) is 4.90 Å². The summed E-state index contributed by atoms with van der Waals surface area (Å²) in [6.45, 7) is 0.701. The number of carbonyl (C=O) groups excluding carboxylic acids is 1. The van der Waals surface area contributed by atoms with Crippen molar-refractivity contribution in [2.24, 2.45) is 0 Å². The van der Waals surface area contributed by atoms with Crippen LogP contribution in [0.3, 0.4) is 0 Å². The number of aromatic amines is 1. The van der Waals surface area contributed by atoms with E-state index in [9.17, 15) is 9.18 Å². The van der Waals surface area contributed by atoms with E-state index in [1.165, 1.54) is 31.2 Å². The Labute approximate surface area is 196 Å². The van der Waals surface area contributed by atoms with Gasteiger partial charge in [-0.15, -0.1) is 0 Å². The average molecular weight is 463 g/mol. The van der Waals surface area contributed by atoms with Crippen LogP contribution in [0.1, 0.15) is 61.4 Å². The van der Waals surface area contributed by atoms with Crippen molar-refractivity contribution in [1.29, 1.82) is 0 Å². The summed E-state index contributed by atoms with van der Waals surface area (Å²) in [7, 11) is 0. The maximum atomic E-state index is 13.2. The van der Waals surface area contributed by atoms with Crippen LogP contribution < -0.4 is 15.5 Å². The van der Waals surface area contributed by atoms with Gasteiger partial charge in [-0.2, -0.15) is 14.5 Å². The zero-order valence-corrected chi connectivity index (χ0v) is 18.9. The van der Waals surface area contributed by atoms with Crippen LogP contribution in [0.4, 0.5) is 27.7 Å². The van der Waals surface area contributed by atoms with Crippen molar-refractivity contribution in [3.63, 3.8) is 0 Å². The summed E-state index contributed by atoms with van der Waals surface area (Å²) in [4.78, 5) is 28.6. The number of rotatable bonds is 6. The molecule has 6 rings (SSSR count). The highest BCUT2D eigenvalue weighted by Gasteiger charge is 2.33. The lowest BCUT2D eigenvalue weighted by atomic mass is 10.0. The van der Waals surface area contributed by atoms with Crippen LogP contribution in [0.5, 0.6) is 0 Å². The molecule has 1 saturated heterocycles. The summed E-state index contributed by atoms with van der Waals surface area (Å²) in [5, 5.41) is 13.8. The van der Waals surface area contributed by atoms with Gasteiger partial charge in [0.05, 0.1) is 17.6 Å². The van der Waals surface area contributed by atoms with Gasteiger partial charge in [0.25, 0.3) is 0 Å². The molecular weight excluding hydrogens is 435 g/mol. The van der Waals surface area contributed by atoms with Crippen molar-refractivity contribution in [2.45, 2.75) is 63.3 Å². The summed E-state index contributed by atoms with van der Waals surface area (Å²) in [5.41, 5.74) is 3.81. The Morgan fingerprint density at radius 1 is 1.12 bits per heavy atom. The number of halogens is 1. The van der Waals surface area contributed by atoms with Gasteiger partial charge in [0.15, 0.2) is 5.82 Å². The predicted molar refractivity (Wildman–Crippen MR) is 126 cm³/mol. The number of fused-ring (bicyclic) bond motifs is 1. The van der Waals surface area contributed by atoms with Crippen molar-refractivity contribution < 1.29 is 9.18 Å². The molecular formula is C24H27FN8O. The van der Waals surface area contributed by atoms with Crippen molar-refractivity contribution in [3.05, 3.63) is 47.3 Å². The van der Waals surface area contributed by atoms with Crippen LogP contribution in [0.2, 0.25) is 0 Å². The lowest BCUT2D eigenvalue weighted by Crippen LogP contribution is -2.48. The second kappa shape index (κ2) is 8.66. The van der Waals surface area contributed by atoms with Crippen molar-refractivity contribution in [2.75, 3.05) is 22.1 Å². The number of amides is 1. The number of H-pyrrole nitrogens is 1. The number of hydrogen-bond acceptors (Lipinski definition) is 7. The third kappa shape index (κ3) is 4.20. The number of carbonyl (C=O) groups is 1. The average Bonchev–Trinajstić information content (AvgIpc) is 3.40. The lowest BCUT2D eigenvalue weighted by molar-refractivity contribution is -0.117. The molecule has 3 N–H and O–H groups in total. The van der Waals surface area contributed by atoms with Gasteiger partial charge >= 0.3 is 0 Å². The molecule has 176 valence electrons. The SMILES string of the molecule is O=C(Nc1ccc(F)nc1)[C@@H]1CCCCN1c1nc2c(c(Nc3cc(C4CC4)[nH]n3)n1)CCC2. The Kier molecular flexibility index (Phi) is 5.35. The molecule has 3 aromatic heterocycles. The number of piperidine rings is 1. The fourth-order valence-corrected chi connectivity index (χ4v) is 4.90. The Morgan fingerprint density at radius 2 is 2.03 bits per heavy atom. The highest BCUT2D eigenvalue weighted by atomic mass is 19.1. The van der Waals surface area contributed by atoms with E-state index in [4.69, 9.17) is 9.97 Å². The molecule has 0 spiro atoms. The van der Waals surface area contributed by atoms with Crippen LogP contribution in [-0.2, 0) is 17.6 Å². The Bertz CT molecular complexity index is 1210. The summed E-state index contributed by atoms with van der Waals surface area (Å²) in [6, 6.07) is 4.41. The van der Waals surface area contributed by atoms with Crippen LogP contribution in [0.15, 0.2) is 24.4 Å². The van der Waals surface area contributed by atoms with Crippen LogP contribution in [-0.4, -0.2) is 43.6 Å². The van der Waals surface area contributed by atoms with E-state index in [0.29, 0.717) is 30.5 Å². The lowest BCUT2D eigenvalue weighted by Gasteiger charge is -2.35. The molecule has 1 atom stereocenters. The standard InChI is InChI=1S/C24H27FN8O/c25-20-10-9-15(13-26-20)27-23(34)19-6-1-2-11-33(19)24-28-17-5-3-4-16(17)22(30-24)29-21-12-18(31-32-21)14-7-8-14/h9-10,12-14,19H,1-8,11H2,(H,27,34)(H2,28,29,30,31,32)/t19-/m0/s1. The number of hydrogen-bond donors (Lipinski definition) is 3. The first kappa shape index (κ1) is 21.0. The summed E-state index contributed by atoms with van der Waals surface area (Å²) in [6.07, 6.45) is 9.24. The van der Waals surface area contributed by atoms with E-state index in [1.54, 1.807) is 0 Å². The molecule has 0 aromatic carbocycles. The largest absolute Gasteiger partial charge is 0.329 e. The Balaban J connectivity index is 1.27. The molecule has 0 radical (unpaired) electrons. The van der Waals surface area contributed by atoms with E-state index in [0.717, 1.165) is 60.7 Å². The number of nitrogens with one attached hydrogen (secondary N) is 3. The fourth-order valence-electron chi connectivity index (χ4n) is 4.90. The monoisotopic (exact) mass is 462 g/mol. The quantitative estimate of drug-likeness (QED) is 0.477. The van der Waals surface area contributed by atoms with Crippen LogP contribution >= 0.6 is 0 Å². The summed E-state index contributed by atoms with van der Waals surface area (Å²) < 4.78 is 13.1. The van der Waals surface area contributed by atoms with Crippen LogP contribution in [0.25, 0.3) is 0 Å². The molecule has 2 aliphatic carbocycles. The fraction of sp³-hybridized carbons (Fsp3) is 0.458. The minimum atomic E-state index is -0.579. The van der Waals surface area contributed by atoms with Gasteiger partial charge in [-0.05, 0) is 63.5 Å². The second-order valence-corrected chi connectivity index (χ2v) is 9.32. The molecule has 2 fully saturated rings. The Hall–Kier alpha value is -3.56. The minimum Gasteiger partial charge on any atom is -0.329 e. The number of aryl methyl sites for hydroxylation is 1. The van der Waals surface area contributed by atoms with E-state index >= 15 is 0 Å². The minimum absolute atomic E-state index is 0.159. The second-order valence-electron chi connectivity index (χ2n) is 9.32. The zero-order chi connectivity index (χ0) is 23.1. The molecule has 0 bridgehead atoms. The first-order chi connectivity index (χ1) is 16.6. The van der Waals surface area contributed by atoms with Crippen molar-refractivity contribution >= 4 is 29.2 Å². The zero-order valence-electron chi connectivity index (χ0n) is 18.9. The number of nitrogens with zero attached hydrogens (tertiary/aromatic N) is 5. The van der Waals surface area contributed by atoms with E-state index in [-0.39, 0.29) is 5.91 Å². The van der Waals surface area contributed by atoms with Crippen molar-refractivity contribution in [3.8, 4) is 0 Å². The smallest absolute Gasteiger partial charge is 0.247 e. The molecule has 10 heteroatoms. The number of pyridine rings is 1. The first-order valence-corrected chi connectivity index (χ1v) is 12.1. The maximum absolute atomic E-state index is 13.2. The highest BCUT2D eigenvalue weighted by Crippen LogP contribution is 2.40. The first-order valence-electron chi connectivity index (χ1n) is 12.1. The predicted octanol–water partition coefficient (Wildman–Crippen LogP) is 3.84. The van der Waals surface area contributed by atoms with Gasteiger partial charge in [0, 0.05) is 29.8 Å². The van der Waals surface area contributed by atoms with Gasteiger partial charge in [-0.3, -0.25) is 9.89 Å². The molecule has 1 aliphatic heterocycles. The van der Waals surface area contributed by atoms with Gasteiger partial charge in [0.2, 0.25) is 17.8 Å². The molecule has 34 heavy (non-hydrogen) atoms. The molecule has 1 amide bonds. The van der Waals surface area contributed by atoms with Gasteiger partial charge in [-0.25, -0.2) is 9.97 Å². The third-order valence-corrected chi connectivity index (χ3v) is 6.84. The van der Waals surface area contributed by atoms with Crippen molar-refractivity contribution in [1.82, 2.24) is 25.1 Å². The number of anilines is 4. The van der Waals surface area contributed by atoms with Gasteiger partial charge in [-0.1, -0.05) is 0 Å². The third-order valence-electron chi connectivity index (χ3n) is 6.84. The summed E-state index contributed by atoms with van der Waals surface area (Å²) >= 11 is 0. The van der Waals surface area contributed by atoms with E-state index in [2.05, 4.69) is 31.9 Å². The Morgan fingerprint density at radius 3 is 2.85 bits per heavy atom. The summed E-state index contributed by atoms with van der Waals surface area (Å²) in [5.74, 6) is 1.96. The van der Waals surface area contributed by atoms with Gasteiger partial charge < -0.3 is 15.5 Å². The molecule has 1 saturated carbocycles. The number of aromatic nitrogens is 5. The molecule has 0 unspecified atom stereocenters. The molecule has 9 nitrogen and oxygen atoms in total. The topological polar surface area (TPSA) is 112 Å². The molecule has 3 aliphatic rings. The maximum Gasteiger partial charge on any atom is 0.247 e. The normalized spacial score (nSPS) is 19.7.